The summed E-state index contributed by atoms with van der Waals surface area (Å²) in [7, 11) is 1.65. The molecule has 3 nitrogen and oxygen atoms in total. The maximum atomic E-state index is 8.80. The average molecular weight is 213 g/mol. The molecule has 4 heteroatoms. The number of rotatable bonds is 4. The van der Waals surface area contributed by atoms with Gasteiger partial charge in [0, 0.05) is 4.90 Å². The lowest BCUT2D eigenvalue weighted by atomic mass is 10.2. The van der Waals surface area contributed by atoms with Gasteiger partial charge in [-0.15, -0.1) is 11.8 Å². The zero-order valence-electron chi connectivity index (χ0n) is 8.36. The maximum absolute atomic E-state index is 8.80. The Balaban J connectivity index is 2.76. The molecule has 0 saturated heterocycles. The van der Waals surface area contributed by atoms with Gasteiger partial charge in [-0.25, -0.2) is 0 Å². The molecule has 0 aliphatic carbocycles. The highest BCUT2D eigenvalue weighted by Gasteiger charge is 2.05. The van der Waals surface area contributed by atoms with E-state index in [2.05, 4.69) is 0 Å². The third-order valence-electron chi connectivity index (χ3n) is 1.83. The molecule has 0 aliphatic rings. The second-order valence-corrected chi connectivity index (χ2v) is 4.28. The molecule has 0 heterocycles. The number of hydrogen-bond donors (Lipinski definition) is 2. The smallest absolute Gasteiger partial charge is 0.121 e. The molecule has 0 bridgehead atoms. The van der Waals surface area contributed by atoms with Gasteiger partial charge in [-0.05, 0) is 30.7 Å². The van der Waals surface area contributed by atoms with Crippen LogP contribution in [-0.2, 0) is 0 Å². The van der Waals surface area contributed by atoms with Gasteiger partial charge in [0.2, 0.25) is 0 Å². The van der Waals surface area contributed by atoms with Crippen molar-refractivity contribution in [1.29, 1.82) is 0 Å². The molecular formula is C10H15NO2S. The van der Waals surface area contributed by atoms with Crippen LogP contribution in [0, 0.1) is 6.92 Å². The molecule has 1 unspecified atom stereocenters. The lowest BCUT2D eigenvalue weighted by Crippen LogP contribution is -2.19. The molecule has 0 radical (unpaired) electrons. The van der Waals surface area contributed by atoms with Crippen LogP contribution < -0.4 is 10.5 Å². The number of aryl methyl sites for hydroxylation is 1. The Hall–Kier alpha value is -0.710. The fourth-order valence-corrected chi connectivity index (χ4v) is 1.95. The minimum atomic E-state index is -0.261. The van der Waals surface area contributed by atoms with Gasteiger partial charge in [-0.3, -0.25) is 0 Å². The van der Waals surface area contributed by atoms with E-state index >= 15 is 0 Å². The molecule has 0 spiro atoms. The molecule has 1 rings (SSSR count). The first-order valence-electron chi connectivity index (χ1n) is 4.35. The Morgan fingerprint density at radius 1 is 1.57 bits per heavy atom. The summed E-state index contributed by atoms with van der Waals surface area (Å²) >= 11 is 1.45. The van der Waals surface area contributed by atoms with E-state index in [9.17, 15) is 0 Å². The van der Waals surface area contributed by atoms with Gasteiger partial charge in [-0.2, -0.15) is 0 Å². The quantitative estimate of drug-likeness (QED) is 0.586. The van der Waals surface area contributed by atoms with E-state index in [0.717, 1.165) is 16.2 Å². The number of nitrogens with two attached hydrogens (primary N) is 1. The number of methoxy groups -OCH3 is 1. The van der Waals surface area contributed by atoms with E-state index < -0.39 is 0 Å². The number of thioether (sulfide) groups is 1. The van der Waals surface area contributed by atoms with Crippen molar-refractivity contribution in [2.75, 3.05) is 13.7 Å². The first-order valence-corrected chi connectivity index (χ1v) is 5.23. The monoisotopic (exact) mass is 213 g/mol. The van der Waals surface area contributed by atoms with Crippen molar-refractivity contribution in [2.24, 2.45) is 5.73 Å². The molecule has 0 saturated carbocycles. The third-order valence-corrected chi connectivity index (χ3v) is 2.81. The number of benzene rings is 1. The summed E-state index contributed by atoms with van der Waals surface area (Å²) in [5, 5.41) is 8.53. The van der Waals surface area contributed by atoms with Gasteiger partial charge in [0.1, 0.15) is 5.75 Å². The Labute approximate surface area is 88.3 Å². The van der Waals surface area contributed by atoms with Crippen LogP contribution >= 0.6 is 11.8 Å². The van der Waals surface area contributed by atoms with E-state index in [4.69, 9.17) is 15.6 Å². The van der Waals surface area contributed by atoms with Crippen LogP contribution in [0.1, 0.15) is 5.56 Å². The van der Waals surface area contributed by atoms with Crippen molar-refractivity contribution < 1.29 is 9.84 Å². The molecule has 3 N–H and O–H groups in total. The predicted molar refractivity (Wildman–Crippen MR) is 58.6 cm³/mol. The second-order valence-electron chi connectivity index (χ2n) is 2.97. The van der Waals surface area contributed by atoms with Gasteiger partial charge in [0.05, 0.1) is 19.1 Å². The van der Waals surface area contributed by atoms with Crippen molar-refractivity contribution in [2.45, 2.75) is 17.2 Å². The van der Waals surface area contributed by atoms with Crippen molar-refractivity contribution in [3.63, 3.8) is 0 Å². The summed E-state index contributed by atoms with van der Waals surface area (Å²) < 4.78 is 5.14. The SMILES string of the molecule is COc1ccc(SC(N)CO)cc1C. The lowest BCUT2D eigenvalue weighted by Gasteiger charge is -2.10. The fraction of sp³-hybridized carbons (Fsp3) is 0.400. The zero-order valence-corrected chi connectivity index (χ0v) is 9.17. The van der Waals surface area contributed by atoms with Gasteiger partial charge < -0.3 is 15.6 Å². The van der Waals surface area contributed by atoms with Crippen molar-refractivity contribution in [3.05, 3.63) is 23.8 Å². The van der Waals surface area contributed by atoms with Crippen LogP contribution in [0.3, 0.4) is 0 Å². The van der Waals surface area contributed by atoms with E-state index in [0.29, 0.717) is 0 Å². The van der Waals surface area contributed by atoms with Crippen LogP contribution in [0.15, 0.2) is 23.1 Å². The molecule has 0 aliphatic heterocycles. The summed E-state index contributed by atoms with van der Waals surface area (Å²) in [6.07, 6.45) is 0. The number of ether oxygens (including phenoxy) is 1. The molecule has 78 valence electrons. The van der Waals surface area contributed by atoms with E-state index in [1.54, 1.807) is 7.11 Å². The largest absolute Gasteiger partial charge is 0.496 e. The van der Waals surface area contributed by atoms with E-state index in [1.165, 1.54) is 11.8 Å². The number of hydrogen-bond acceptors (Lipinski definition) is 4. The molecule has 1 atom stereocenters. The second kappa shape index (κ2) is 5.24. The van der Waals surface area contributed by atoms with E-state index in [1.807, 2.05) is 25.1 Å². The van der Waals surface area contributed by atoms with Crippen LogP contribution in [0.25, 0.3) is 0 Å². The van der Waals surface area contributed by atoms with Crippen LogP contribution in [-0.4, -0.2) is 24.2 Å². The van der Waals surface area contributed by atoms with Crippen LogP contribution in [0.5, 0.6) is 5.75 Å². The summed E-state index contributed by atoms with van der Waals surface area (Å²) in [4.78, 5) is 1.05. The van der Waals surface area contributed by atoms with Gasteiger partial charge in [-0.1, -0.05) is 0 Å². The van der Waals surface area contributed by atoms with Crippen LogP contribution in [0.4, 0.5) is 0 Å². The van der Waals surface area contributed by atoms with Gasteiger partial charge >= 0.3 is 0 Å². The Morgan fingerprint density at radius 2 is 2.29 bits per heavy atom. The third kappa shape index (κ3) is 2.90. The molecule has 14 heavy (non-hydrogen) atoms. The lowest BCUT2D eigenvalue weighted by molar-refractivity contribution is 0.296. The minimum absolute atomic E-state index is 0.0181. The molecule has 0 amide bonds. The number of aliphatic hydroxyl groups is 1. The van der Waals surface area contributed by atoms with Crippen molar-refractivity contribution in [1.82, 2.24) is 0 Å². The van der Waals surface area contributed by atoms with Crippen LogP contribution in [0.2, 0.25) is 0 Å². The Morgan fingerprint density at radius 3 is 2.79 bits per heavy atom. The topological polar surface area (TPSA) is 55.5 Å². The summed E-state index contributed by atoms with van der Waals surface area (Å²) in [6, 6.07) is 5.84. The highest BCUT2D eigenvalue weighted by Crippen LogP contribution is 2.26. The Bertz CT molecular complexity index is 304. The van der Waals surface area contributed by atoms with E-state index in [-0.39, 0.29) is 12.0 Å². The standard InChI is InChI=1S/C10H15NO2S/c1-7-5-8(14-10(11)6-12)3-4-9(7)13-2/h3-5,10,12H,6,11H2,1-2H3. The first kappa shape index (κ1) is 11.4. The molecule has 1 aromatic carbocycles. The summed E-state index contributed by atoms with van der Waals surface area (Å²) in [5.41, 5.74) is 6.68. The predicted octanol–water partition coefficient (Wildman–Crippen LogP) is 1.37. The zero-order chi connectivity index (χ0) is 10.6. The maximum Gasteiger partial charge on any atom is 0.121 e. The van der Waals surface area contributed by atoms with Crippen molar-refractivity contribution in [3.8, 4) is 5.75 Å². The average Bonchev–Trinajstić information content (AvgIpc) is 2.18. The summed E-state index contributed by atoms with van der Waals surface area (Å²) in [5.74, 6) is 0.868. The molecule has 0 aromatic heterocycles. The number of aliphatic hydroxyl groups excluding tert-OH is 1. The molecular weight excluding hydrogens is 198 g/mol. The van der Waals surface area contributed by atoms with Gasteiger partial charge in [0.15, 0.2) is 0 Å². The highest BCUT2D eigenvalue weighted by atomic mass is 32.2. The highest BCUT2D eigenvalue weighted by molar-refractivity contribution is 7.99. The molecule has 1 aromatic rings. The normalized spacial score (nSPS) is 12.6. The summed E-state index contributed by atoms with van der Waals surface area (Å²) in [6.45, 7) is 1.96. The minimum Gasteiger partial charge on any atom is -0.496 e. The van der Waals surface area contributed by atoms with Crippen molar-refractivity contribution >= 4 is 11.8 Å². The first-order chi connectivity index (χ1) is 6.67. The fourth-order valence-electron chi connectivity index (χ4n) is 1.14. The Kier molecular flexibility index (Phi) is 4.25. The van der Waals surface area contributed by atoms with Gasteiger partial charge in [0.25, 0.3) is 0 Å². The molecule has 0 fully saturated rings.